The number of imidazole rings is 1. The fraction of sp³-hybridized carbons (Fsp3) is 0.250. The van der Waals surface area contributed by atoms with Gasteiger partial charge in [-0.1, -0.05) is 23.7 Å². The summed E-state index contributed by atoms with van der Waals surface area (Å²) in [5.41, 5.74) is 1.74. The third kappa shape index (κ3) is 3.42. The average Bonchev–Trinajstić information content (AvgIpc) is 3.20. The van der Waals surface area contributed by atoms with E-state index in [9.17, 15) is 13.6 Å². The normalized spacial score (nSPS) is 16.3. The quantitative estimate of drug-likeness (QED) is 0.497. The molecule has 1 amide bonds. The number of hydrogen-bond acceptors (Lipinski definition) is 6. The van der Waals surface area contributed by atoms with E-state index in [0.29, 0.717) is 38.5 Å². The molecular formula is C20H16ClF2N7O. The van der Waals surface area contributed by atoms with Gasteiger partial charge in [-0.3, -0.25) is 4.79 Å². The molecule has 4 aromatic rings. The molecule has 8 nitrogen and oxygen atoms in total. The Labute approximate surface area is 179 Å². The number of benzene rings is 1. The predicted octanol–water partition coefficient (Wildman–Crippen LogP) is 3.82. The van der Waals surface area contributed by atoms with Crippen LogP contribution in [0.2, 0.25) is 5.02 Å². The third-order valence-corrected chi connectivity index (χ3v) is 5.50. The van der Waals surface area contributed by atoms with Crippen molar-refractivity contribution in [1.29, 1.82) is 0 Å². The number of carbonyl (C=O) groups is 1. The lowest BCUT2D eigenvalue weighted by Gasteiger charge is -2.38. The predicted molar refractivity (Wildman–Crippen MR) is 111 cm³/mol. The number of fused-ring (bicyclic) bond motifs is 2. The molecule has 0 spiro atoms. The van der Waals surface area contributed by atoms with Crippen molar-refractivity contribution in [2.75, 3.05) is 18.4 Å². The number of aromatic nitrogens is 5. The van der Waals surface area contributed by atoms with E-state index in [1.54, 1.807) is 18.2 Å². The maximum absolute atomic E-state index is 13.3. The molecule has 1 aliphatic heterocycles. The maximum atomic E-state index is 13.3. The molecule has 0 bridgehead atoms. The van der Waals surface area contributed by atoms with Gasteiger partial charge < -0.3 is 15.2 Å². The van der Waals surface area contributed by atoms with Crippen LogP contribution < -0.4 is 5.32 Å². The first kappa shape index (κ1) is 19.6. The molecule has 3 aromatic heterocycles. The Morgan fingerprint density at radius 3 is 2.87 bits per heavy atom. The summed E-state index contributed by atoms with van der Waals surface area (Å²) in [6.45, 7) is 0.599. The number of nitrogens with one attached hydrogen (secondary N) is 2. The number of amides is 1. The zero-order valence-corrected chi connectivity index (χ0v) is 17.0. The molecule has 5 rings (SSSR count). The van der Waals surface area contributed by atoms with Crippen LogP contribution >= 0.6 is 11.6 Å². The minimum absolute atomic E-state index is 0.0524. The van der Waals surface area contributed by atoms with E-state index in [-0.39, 0.29) is 11.7 Å². The lowest BCUT2D eigenvalue weighted by atomic mass is 10.0. The van der Waals surface area contributed by atoms with Crippen molar-refractivity contribution in [2.45, 2.75) is 18.9 Å². The van der Waals surface area contributed by atoms with Crippen LogP contribution in [0.25, 0.3) is 21.9 Å². The standard InChI is InChI=1S/C20H16ClF2N7O/c1-10(28-18-16-17(25-8-24-16)26-9-27-18)13-5-11-3-2-4-12(21)14(11)15(29-13)19(31)30-6-20(22,23)7-30/h2-5,8-10H,6-7H2,1H3,(H2,24,25,26,27,28). The molecule has 2 N–H and O–H groups in total. The van der Waals surface area contributed by atoms with Crippen LogP contribution in [-0.2, 0) is 0 Å². The summed E-state index contributed by atoms with van der Waals surface area (Å²) in [7, 11) is 0. The minimum Gasteiger partial charge on any atom is -0.360 e. The van der Waals surface area contributed by atoms with Gasteiger partial charge in [0.25, 0.3) is 11.8 Å². The molecule has 1 saturated heterocycles. The van der Waals surface area contributed by atoms with E-state index >= 15 is 0 Å². The molecule has 4 heterocycles. The first-order chi connectivity index (χ1) is 14.8. The van der Waals surface area contributed by atoms with Crippen molar-refractivity contribution in [1.82, 2.24) is 29.8 Å². The monoisotopic (exact) mass is 443 g/mol. The highest BCUT2D eigenvalue weighted by molar-refractivity contribution is 6.36. The summed E-state index contributed by atoms with van der Waals surface area (Å²) in [6.07, 6.45) is 2.91. The number of H-pyrrole nitrogens is 1. The molecular weight excluding hydrogens is 428 g/mol. The second kappa shape index (κ2) is 7.09. The zero-order chi connectivity index (χ0) is 21.8. The van der Waals surface area contributed by atoms with Crippen LogP contribution in [0.1, 0.15) is 29.1 Å². The van der Waals surface area contributed by atoms with E-state index < -0.39 is 24.9 Å². The van der Waals surface area contributed by atoms with Gasteiger partial charge in [0, 0.05) is 5.39 Å². The molecule has 0 radical (unpaired) electrons. The van der Waals surface area contributed by atoms with E-state index in [0.717, 1.165) is 4.90 Å². The van der Waals surface area contributed by atoms with Crippen molar-refractivity contribution < 1.29 is 13.6 Å². The van der Waals surface area contributed by atoms with Gasteiger partial charge in [0.1, 0.15) is 17.5 Å². The molecule has 0 aliphatic carbocycles. The maximum Gasteiger partial charge on any atom is 0.282 e. The molecule has 11 heteroatoms. The van der Waals surface area contributed by atoms with Crippen molar-refractivity contribution in [3.63, 3.8) is 0 Å². The molecule has 1 aliphatic rings. The number of rotatable bonds is 4. The number of alkyl halides is 2. The van der Waals surface area contributed by atoms with Crippen LogP contribution in [-0.4, -0.2) is 54.7 Å². The Bertz CT molecular complexity index is 1320. The topological polar surface area (TPSA) is 99.7 Å². The molecule has 1 aromatic carbocycles. The second-order valence-electron chi connectivity index (χ2n) is 7.44. The number of halogens is 3. The molecule has 1 unspecified atom stereocenters. The smallest absolute Gasteiger partial charge is 0.282 e. The number of anilines is 1. The molecule has 158 valence electrons. The first-order valence-electron chi connectivity index (χ1n) is 9.49. The van der Waals surface area contributed by atoms with Gasteiger partial charge >= 0.3 is 0 Å². The summed E-state index contributed by atoms with van der Waals surface area (Å²) in [5, 5.41) is 4.71. The van der Waals surface area contributed by atoms with Gasteiger partial charge in [0.2, 0.25) is 0 Å². The van der Waals surface area contributed by atoms with Crippen molar-refractivity contribution in [3.05, 3.63) is 53.3 Å². The number of nitrogens with zero attached hydrogens (tertiary/aromatic N) is 5. The van der Waals surface area contributed by atoms with Crippen LogP contribution in [0, 0.1) is 0 Å². The van der Waals surface area contributed by atoms with Crippen molar-refractivity contribution in [3.8, 4) is 0 Å². The average molecular weight is 444 g/mol. The number of carbonyl (C=O) groups excluding carboxylic acids is 1. The van der Waals surface area contributed by atoms with Crippen molar-refractivity contribution >= 4 is 45.3 Å². The summed E-state index contributed by atoms with van der Waals surface area (Å²) >= 11 is 6.34. The van der Waals surface area contributed by atoms with Crippen LogP contribution in [0.4, 0.5) is 14.6 Å². The van der Waals surface area contributed by atoms with E-state index in [1.807, 2.05) is 13.0 Å². The minimum atomic E-state index is -2.87. The lowest BCUT2D eigenvalue weighted by molar-refractivity contribution is -0.113. The number of pyridine rings is 1. The lowest BCUT2D eigenvalue weighted by Crippen LogP contribution is -2.58. The van der Waals surface area contributed by atoms with E-state index in [4.69, 9.17) is 11.6 Å². The van der Waals surface area contributed by atoms with Crippen LogP contribution in [0.5, 0.6) is 0 Å². The third-order valence-electron chi connectivity index (χ3n) is 5.18. The van der Waals surface area contributed by atoms with Gasteiger partial charge in [0.15, 0.2) is 11.5 Å². The number of hydrogen-bond donors (Lipinski definition) is 2. The Balaban J connectivity index is 1.54. The Hall–Kier alpha value is -3.40. The first-order valence-corrected chi connectivity index (χ1v) is 9.87. The zero-order valence-electron chi connectivity index (χ0n) is 16.2. The molecule has 31 heavy (non-hydrogen) atoms. The summed E-state index contributed by atoms with van der Waals surface area (Å²) in [5.74, 6) is -2.92. The van der Waals surface area contributed by atoms with Gasteiger partial charge in [0.05, 0.1) is 36.2 Å². The summed E-state index contributed by atoms with van der Waals surface area (Å²) in [4.78, 5) is 34.0. The van der Waals surface area contributed by atoms with Crippen LogP contribution in [0.3, 0.4) is 0 Å². The highest BCUT2D eigenvalue weighted by atomic mass is 35.5. The van der Waals surface area contributed by atoms with Gasteiger partial charge in [-0.2, -0.15) is 0 Å². The molecule has 1 atom stereocenters. The SMILES string of the molecule is CC(Nc1ncnc2nc[nH]c12)c1cc2cccc(Cl)c2c(C(=O)N2CC(F)(F)C2)n1. The second-order valence-corrected chi connectivity index (χ2v) is 7.85. The van der Waals surface area contributed by atoms with Gasteiger partial charge in [-0.25, -0.2) is 28.7 Å². The van der Waals surface area contributed by atoms with Crippen LogP contribution in [0.15, 0.2) is 36.9 Å². The Morgan fingerprint density at radius 2 is 2.10 bits per heavy atom. The molecule has 0 saturated carbocycles. The molecule has 1 fully saturated rings. The van der Waals surface area contributed by atoms with Crippen molar-refractivity contribution in [2.24, 2.45) is 0 Å². The van der Waals surface area contributed by atoms with Gasteiger partial charge in [-0.15, -0.1) is 0 Å². The largest absolute Gasteiger partial charge is 0.360 e. The highest BCUT2D eigenvalue weighted by Crippen LogP contribution is 2.33. The fourth-order valence-electron chi connectivity index (χ4n) is 3.62. The Kier molecular flexibility index (Phi) is 4.47. The van der Waals surface area contributed by atoms with Gasteiger partial charge in [-0.05, 0) is 24.4 Å². The van der Waals surface area contributed by atoms with E-state index in [1.165, 1.54) is 12.7 Å². The highest BCUT2D eigenvalue weighted by Gasteiger charge is 2.47. The fourth-order valence-corrected chi connectivity index (χ4v) is 3.89. The summed E-state index contributed by atoms with van der Waals surface area (Å²) < 4.78 is 26.7. The number of aromatic amines is 1. The number of likely N-dealkylation sites (tertiary alicyclic amines) is 1. The van der Waals surface area contributed by atoms with E-state index in [2.05, 4.69) is 30.2 Å². The Morgan fingerprint density at radius 1 is 1.29 bits per heavy atom. The summed E-state index contributed by atoms with van der Waals surface area (Å²) in [6, 6.07) is 6.65.